The number of amides is 1. The standard InChI is InChI=1S/C17H19Cl2N3O3/c1-4-16(23)22(11(2)5-6-13(9-20)25-3)10-21-15-8-12(18)7-14(19)17(15)24/h5-10,24H,2,4,20H2,1,3H3/b6-5-,13-9+,21-10?. The molecule has 25 heavy (non-hydrogen) atoms. The number of nitrogens with two attached hydrogens (primary N) is 1. The molecule has 0 saturated heterocycles. The van der Waals surface area contributed by atoms with Crippen LogP contribution in [0.15, 0.2) is 53.5 Å². The molecule has 0 radical (unpaired) electrons. The Bertz CT molecular complexity index is 743. The molecule has 1 aromatic carbocycles. The number of nitrogens with zero attached hydrogens (tertiary/aromatic N) is 2. The number of phenolic OH excluding ortho intramolecular Hbond substituents is 1. The third-order valence-corrected chi connectivity index (χ3v) is 3.55. The van der Waals surface area contributed by atoms with Gasteiger partial charge in [-0.25, -0.2) is 4.99 Å². The van der Waals surface area contributed by atoms with Gasteiger partial charge in [-0.2, -0.15) is 0 Å². The first-order chi connectivity index (χ1) is 11.8. The summed E-state index contributed by atoms with van der Waals surface area (Å²) in [7, 11) is 1.47. The summed E-state index contributed by atoms with van der Waals surface area (Å²) >= 11 is 11.7. The minimum absolute atomic E-state index is 0.0598. The molecule has 6 nitrogen and oxygen atoms in total. The van der Waals surface area contributed by atoms with Gasteiger partial charge in [0.05, 0.1) is 12.1 Å². The fraction of sp³-hybridized carbons (Fsp3) is 0.176. The monoisotopic (exact) mass is 383 g/mol. The Hall–Kier alpha value is -2.44. The minimum atomic E-state index is -0.248. The molecule has 0 unspecified atom stereocenters. The van der Waals surface area contributed by atoms with Crippen LogP contribution in [-0.4, -0.2) is 29.4 Å². The van der Waals surface area contributed by atoms with E-state index in [4.69, 9.17) is 33.7 Å². The van der Waals surface area contributed by atoms with Crippen LogP contribution in [0.4, 0.5) is 5.69 Å². The van der Waals surface area contributed by atoms with E-state index in [1.165, 1.54) is 36.7 Å². The van der Waals surface area contributed by atoms with Crippen LogP contribution in [0.25, 0.3) is 0 Å². The van der Waals surface area contributed by atoms with Crippen LogP contribution >= 0.6 is 23.2 Å². The van der Waals surface area contributed by atoms with E-state index in [1.54, 1.807) is 19.1 Å². The summed E-state index contributed by atoms with van der Waals surface area (Å²) in [6, 6.07) is 2.81. The molecule has 0 saturated carbocycles. The van der Waals surface area contributed by atoms with Gasteiger partial charge in [0.25, 0.3) is 0 Å². The molecule has 0 aliphatic carbocycles. The lowest BCUT2D eigenvalue weighted by atomic mass is 10.3. The summed E-state index contributed by atoms with van der Waals surface area (Å²) in [5.41, 5.74) is 5.84. The Morgan fingerprint density at radius 1 is 1.44 bits per heavy atom. The van der Waals surface area contributed by atoms with Gasteiger partial charge in [0.1, 0.15) is 17.8 Å². The SMILES string of the molecule is C=C(/C=C\C(=C/N)OC)N(C=Nc1cc(Cl)cc(Cl)c1O)C(=O)CC. The lowest BCUT2D eigenvalue weighted by Crippen LogP contribution is -2.27. The molecule has 0 spiro atoms. The van der Waals surface area contributed by atoms with E-state index in [9.17, 15) is 9.90 Å². The van der Waals surface area contributed by atoms with Gasteiger partial charge in [-0.05, 0) is 24.3 Å². The number of ether oxygens (including phenoxy) is 1. The first-order valence-corrected chi connectivity index (χ1v) is 7.96. The molecular weight excluding hydrogens is 365 g/mol. The number of carbonyl (C=O) groups excluding carboxylic acids is 1. The predicted molar refractivity (Wildman–Crippen MR) is 101 cm³/mol. The van der Waals surface area contributed by atoms with Gasteiger partial charge >= 0.3 is 0 Å². The summed E-state index contributed by atoms with van der Waals surface area (Å²) in [5, 5.41) is 10.3. The third kappa shape index (κ3) is 5.85. The molecule has 3 N–H and O–H groups in total. The molecule has 0 aromatic heterocycles. The van der Waals surface area contributed by atoms with Crippen molar-refractivity contribution in [2.75, 3.05) is 7.11 Å². The minimum Gasteiger partial charge on any atom is -0.504 e. The topological polar surface area (TPSA) is 88.2 Å². The van der Waals surface area contributed by atoms with E-state index >= 15 is 0 Å². The van der Waals surface area contributed by atoms with Crippen molar-refractivity contribution in [2.24, 2.45) is 10.7 Å². The van der Waals surface area contributed by atoms with Crippen LogP contribution in [0.3, 0.4) is 0 Å². The van der Waals surface area contributed by atoms with Crippen molar-refractivity contribution < 1.29 is 14.6 Å². The van der Waals surface area contributed by atoms with Crippen molar-refractivity contribution in [3.63, 3.8) is 0 Å². The summed E-state index contributed by atoms with van der Waals surface area (Å²) in [6.45, 7) is 5.53. The van der Waals surface area contributed by atoms with Gasteiger partial charge in [-0.1, -0.05) is 36.7 Å². The second kappa shape index (κ2) is 9.76. The van der Waals surface area contributed by atoms with E-state index in [0.717, 1.165) is 0 Å². The van der Waals surface area contributed by atoms with Crippen molar-refractivity contribution >= 4 is 41.1 Å². The molecular formula is C17H19Cl2N3O3. The predicted octanol–water partition coefficient (Wildman–Crippen LogP) is 4.11. The first kappa shape index (κ1) is 20.6. The van der Waals surface area contributed by atoms with E-state index in [2.05, 4.69) is 11.6 Å². The quantitative estimate of drug-likeness (QED) is 0.320. The Kier molecular flexibility index (Phi) is 8.04. The van der Waals surface area contributed by atoms with E-state index in [1.807, 2.05) is 0 Å². The fourth-order valence-corrected chi connectivity index (χ4v) is 2.17. The second-order valence-electron chi connectivity index (χ2n) is 4.72. The smallest absolute Gasteiger partial charge is 0.231 e. The molecule has 0 aliphatic rings. The van der Waals surface area contributed by atoms with Gasteiger partial charge in [-0.3, -0.25) is 9.69 Å². The summed E-state index contributed by atoms with van der Waals surface area (Å²) in [5.74, 6) is -0.0805. The number of allylic oxidation sites excluding steroid dienone is 2. The average Bonchev–Trinajstić information content (AvgIpc) is 2.59. The second-order valence-corrected chi connectivity index (χ2v) is 5.56. The largest absolute Gasteiger partial charge is 0.504 e. The number of hydrogen-bond acceptors (Lipinski definition) is 5. The highest BCUT2D eigenvalue weighted by Crippen LogP contribution is 2.36. The molecule has 1 rings (SSSR count). The highest BCUT2D eigenvalue weighted by molar-refractivity contribution is 6.36. The van der Waals surface area contributed by atoms with Crippen LogP contribution in [0.5, 0.6) is 5.75 Å². The zero-order valence-electron chi connectivity index (χ0n) is 13.9. The van der Waals surface area contributed by atoms with Crippen LogP contribution < -0.4 is 5.73 Å². The van der Waals surface area contributed by atoms with Crippen LogP contribution in [0.2, 0.25) is 10.0 Å². The Morgan fingerprint density at radius 3 is 2.68 bits per heavy atom. The summed E-state index contributed by atoms with van der Waals surface area (Å²) in [6.07, 6.45) is 5.84. The number of hydrogen-bond donors (Lipinski definition) is 2. The Balaban J connectivity index is 3.13. The molecule has 134 valence electrons. The summed E-state index contributed by atoms with van der Waals surface area (Å²) in [4.78, 5) is 17.4. The Labute approximate surface area is 156 Å². The molecule has 1 aromatic rings. The van der Waals surface area contributed by atoms with Gasteiger partial charge in [0.2, 0.25) is 5.91 Å². The van der Waals surface area contributed by atoms with Crippen molar-refractivity contribution in [3.05, 3.63) is 58.6 Å². The zero-order valence-corrected chi connectivity index (χ0v) is 15.4. The number of methoxy groups -OCH3 is 1. The number of aromatic hydroxyl groups is 1. The Morgan fingerprint density at radius 2 is 2.12 bits per heavy atom. The fourth-order valence-electron chi connectivity index (χ4n) is 1.69. The molecule has 0 heterocycles. The van der Waals surface area contributed by atoms with Gasteiger partial charge < -0.3 is 15.6 Å². The number of aliphatic imine (C=N–C) groups is 1. The molecule has 0 bridgehead atoms. The number of carbonyl (C=O) groups is 1. The normalized spacial score (nSPS) is 11.9. The van der Waals surface area contributed by atoms with Crippen molar-refractivity contribution in [3.8, 4) is 5.75 Å². The average molecular weight is 384 g/mol. The first-order valence-electron chi connectivity index (χ1n) is 7.21. The number of halogens is 2. The number of rotatable bonds is 7. The molecule has 0 atom stereocenters. The van der Waals surface area contributed by atoms with E-state index in [-0.39, 0.29) is 28.8 Å². The van der Waals surface area contributed by atoms with E-state index in [0.29, 0.717) is 16.5 Å². The molecule has 0 fully saturated rings. The maximum Gasteiger partial charge on any atom is 0.231 e. The summed E-state index contributed by atoms with van der Waals surface area (Å²) < 4.78 is 5.00. The highest BCUT2D eigenvalue weighted by atomic mass is 35.5. The van der Waals surface area contributed by atoms with E-state index < -0.39 is 0 Å². The highest BCUT2D eigenvalue weighted by Gasteiger charge is 2.12. The van der Waals surface area contributed by atoms with Crippen molar-refractivity contribution in [2.45, 2.75) is 13.3 Å². The maximum atomic E-state index is 12.1. The maximum absolute atomic E-state index is 12.1. The zero-order chi connectivity index (χ0) is 19.0. The van der Waals surface area contributed by atoms with Gasteiger partial charge in [-0.15, -0.1) is 0 Å². The lowest BCUT2D eigenvalue weighted by Gasteiger charge is -2.17. The van der Waals surface area contributed by atoms with Crippen molar-refractivity contribution in [1.82, 2.24) is 4.90 Å². The third-order valence-electron chi connectivity index (χ3n) is 3.04. The molecule has 8 heteroatoms. The number of benzene rings is 1. The molecule has 0 aliphatic heterocycles. The number of phenols is 1. The van der Waals surface area contributed by atoms with Crippen LogP contribution in [0, 0.1) is 0 Å². The lowest BCUT2D eigenvalue weighted by molar-refractivity contribution is -0.125. The van der Waals surface area contributed by atoms with Crippen LogP contribution in [-0.2, 0) is 9.53 Å². The molecule has 1 amide bonds. The van der Waals surface area contributed by atoms with Gasteiger partial charge in [0, 0.05) is 23.3 Å². The van der Waals surface area contributed by atoms with Crippen LogP contribution in [0.1, 0.15) is 13.3 Å². The van der Waals surface area contributed by atoms with Gasteiger partial charge in [0.15, 0.2) is 5.75 Å². The van der Waals surface area contributed by atoms with Crippen molar-refractivity contribution in [1.29, 1.82) is 0 Å².